The van der Waals surface area contributed by atoms with Gasteiger partial charge in [-0.3, -0.25) is 4.79 Å². The van der Waals surface area contributed by atoms with Crippen molar-refractivity contribution in [1.29, 1.82) is 0 Å². The van der Waals surface area contributed by atoms with Gasteiger partial charge < -0.3 is 23.9 Å². The second-order valence-electron chi connectivity index (χ2n) is 5.92. The van der Waals surface area contributed by atoms with Crippen molar-refractivity contribution in [3.8, 4) is 5.75 Å². The molecule has 9 heteroatoms. The van der Waals surface area contributed by atoms with Crippen molar-refractivity contribution in [3.63, 3.8) is 0 Å². The fraction of sp³-hybridized carbons (Fsp3) is 0.250. The number of amides is 1. The number of methoxy groups -OCH3 is 1. The van der Waals surface area contributed by atoms with Gasteiger partial charge >= 0.3 is 5.97 Å². The molecule has 0 aliphatic carbocycles. The Kier molecular flexibility index (Phi) is 6.64. The Morgan fingerprint density at radius 3 is 2.69 bits per heavy atom. The average Bonchev–Trinajstić information content (AvgIpc) is 3.40. The number of aromatic nitrogens is 2. The summed E-state index contributed by atoms with van der Waals surface area (Å²) in [6.07, 6.45) is 3.19. The Balaban J connectivity index is 1.52. The molecule has 0 aliphatic rings. The first-order valence-electron chi connectivity index (χ1n) is 8.90. The zero-order valence-electron chi connectivity index (χ0n) is 16.1. The summed E-state index contributed by atoms with van der Waals surface area (Å²) in [6, 6.07) is 9.75. The molecule has 0 spiro atoms. The predicted molar refractivity (Wildman–Crippen MR) is 103 cm³/mol. The number of hydrogen-bond acceptors (Lipinski definition) is 7. The monoisotopic (exact) mass is 399 g/mol. The van der Waals surface area contributed by atoms with Crippen LogP contribution in [0.25, 0.3) is 0 Å². The van der Waals surface area contributed by atoms with Crippen LogP contribution in [0.1, 0.15) is 33.6 Å². The summed E-state index contributed by atoms with van der Waals surface area (Å²) in [5, 5.41) is 6.80. The quantitative estimate of drug-likeness (QED) is 0.551. The first-order chi connectivity index (χ1) is 14.1. The third-order valence-corrected chi connectivity index (χ3v) is 3.86. The van der Waals surface area contributed by atoms with Gasteiger partial charge in [0.15, 0.2) is 5.76 Å². The number of carbonyl (C=O) groups excluding carboxylic acids is 2. The lowest BCUT2D eigenvalue weighted by atomic mass is 10.2. The van der Waals surface area contributed by atoms with E-state index in [-0.39, 0.29) is 12.4 Å². The van der Waals surface area contributed by atoms with E-state index in [4.69, 9.17) is 13.9 Å². The summed E-state index contributed by atoms with van der Waals surface area (Å²) in [5.74, 6) is 0.388. The van der Waals surface area contributed by atoms with Crippen LogP contribution in [0.5, 0.6) is 5.75 Å². The van der Waals surface area contributed by atoms with Crippen molar-refractivity contribution in [2.45, 2.75) is 20.3 Å². The van der Waals surface area contributed by atoms with Crippen molar-refractivity contribution in [2.24, 2.45) is 0 Å². The number of ether oxygens (including phenoxy) is 3. The molecule has 3 aromatic rings. The normalized spacial score (nSPS) is 10.6. The molecule has 0 aliphatic heterocycles. The van der Waals surface area contributed by atoms with Crippen molar-refractivity contribution >= 4 is 17.6 Å². The van der Waals surface area contributed by atoms with Gasteiger partial charge in [0.25, 0.3) is 5.91 Å². The van der Waals surface area contributed by atoms with Gasteiger partial charge in [0.2, 0.25) is 0 Å². The molecule has 0 saturated carbocycles. The molecule has 2 aromatic heterocycles. The number of esters is 1. The van der Waals surface area contributed by atoms with Crippen LogP contribution in [-0.4, -0.2) is 35.4 Å². The molecule has 3 rings (SSSR count). The van der Waals surface area contributed by atoms with E-state index in [1.165, 1.54) is 13.3 Å². The van der Waals surface area contributed by atoms with Crippen LogP contribution in [0.4, 0.5) is 5.69 Å². The molecule has 0 saturated heterocycles. The third kappa shape index (κ3) is 5.45. The predicted octanol–water partition coefficient (Wildman–Crippen LogP) is 3.09. The highest BCUT2D eigenvalue weighted by Gasteiger charge is 2.13. The number of rotatable bonds is 9. The minimum atomic E-state index is -0.415. The number of nitrogens with zero attached hydrogens (tertiary/aromatic N) is 2. The van der Waals surface area contributed by atoms with Gasteiger partial charge in [-0.15, -0.1) is 0 Å². The van der Waals surface area contributed by atoms with E-state index in [0.717, 1.165) is 0 Å². The molecule has 1 N–H and O–H groups in total. The molecule has 29 heavy (non-hydrogen) atoms. The molecule has 0 fully saturated rings. The van der Waals surface area contributed by atoms with Crippen LogP contribution in [0, 0.1) is 0 Å². The maximum Gasteiger partial charge on any atom is 0.337 e. The van der Waals surface area contributed by atoms with E-state index in [2.05, 4.69) is 15.2 Å². The van der Waals surface area contributed by atoms with Crippen molar-refractivity contribution in [3.05, 3.63) is 65.9 Å². The van der Waals surface area contributed by atoms with Crippen LogP contribution >= 0.6 is 0 Å². The largest absolute Gasteiger partial charge is 0.486 e. The highest BCUT2D eigenvalue weighted by atomic mass is 16.5. The van der Waals surface area contributed by atoms with Crippen molar-refractivity contribution in [2.75, 3.05) is 19.0 Å². The first kappa shape index (κ1) is 20.2. The number of anilines is 1. The van der Waals surface area contributed by atoms with E-state index in [1.54, 1.807) is 47.3 Å². The first-order valence-corrected chi connectivity index (χ1v) is 8.90. The number of hydrogen-bond donors (Lipinski definition) is 1. The zero-order valence-corrected chi connectivity index (χ0v) is 16.1. The second kappa shape index (κ2) is 9.56. The van der Waals surface area contributed by atoms with E-state index < -0.39 is 11.9 Å². The smallest absolute Gasteiger partial charge is 0.337 e. The fourth-order valence-corrected chi connectivity index (χ4v) is 2.41. The summed E-state index contributed by atoms with van der Waals surface area (Å²) < 4.78 is 22.6. The second-order valence-corrected chi connectivity index (χ2v) is 5.92. The number of furan rings is 1. The molecular formula is C20H21N3O6. The Morgan fingerprint density at radius 1 is 1.17 bits per heavy atom. The van der Waals surface area contributed by atoms with Crippen LogP contribution < -0.4 is 10.1 Å². The lowest BCUT2D eigenvalue weighted by Crippen LogP contribution is -2.10. The Morgan fingerprint density at radius 2 is 1.97 bits per heavy atom. The van der Waals surface area contributed by atoms with Crippen LogP contribution in [-0.2, 0) is 22.8 Å². The Bertz CT molecular complexity index is 961. The highest BCUT2D eigenvalue weighted by Crippen LogP contribution is 2.17. The average molecular weight is 399 g/mol. The molecule has 1 amide bonds. The van der Waals surface area contributed by atoms with Gasteiger partial charge in [-0.1, -0.05) is 0 Å². The van der Waals surface area contributed by atoms with E-state index in [1.807, 2.05) is 6.92 Å². The molecular weight excluding hydrogens is 378 g/mol. The van der Waals surface area contributed by atoms with Crippen LogP contribution in [0.3, 0.4) is 0 Å². The van der Waals surface area contributed by atoms with E-state index >= 15 is 0 Å². The molecule has 152 valence electrons. The maximum absolute atomic E-state index is 12.3. The van der Waals surface area contributed by atoms with Gasteiger partial charge in [0.1, 0.15) is 24.8 Å². The van der Waals surface area contributed by atoms with Gasteiger partial charge in [-0.2, -0.15) is 5.10 Å². The highest BCUT2D eigenvalue weighted by molar-refractivity contribution is 6.02. The zero-order chi connectivity index (χ0) is 20.6. The maximum atomic E-state index is 12.3. The van der Waals surface area contributed by atoms with Crippen molar-refractivity contribution in [1.82, 2.24) is 9.78 Å². The molecule has 0 bridgehead atoms. The SMILES string of the molecule is CCOCn1cc(NC(=O)c2ccc(COc3ccc(C(=O)OC)cc3)o2)cn1. The molecule has 2 heterocycles. The van der Waals surface area contributed by atoms with Gasteiger partial charge in [0.05, 0.1) is 30.8 Å². The summed E-state index contributed by atoms with van der Waals surface area (Å²) in [4.78, 5) is 23.7. The molecule has 0 unspecified atom stereocenters. The number of nitrogens with one attached hydrogen (secondary N) is 1. The lowest BCUT2D eigenvalue weighted by molar-refractivity contribution is 0.0600. The summed E-state index contributed by atoms with van der Waals surface area (Å²) >= 11 is 0. The summed E-state index contributed by atoms with van der Waals surface area (Å²) in [6.45, 7) is 2.92. The van der Waals surface area contributed by atoms with Crippen LogP contribution in [0.15, 0.2) is 53.2 Å². The van der Waals surface area contributed by atoms with Gasteiger partial charge in [-0.05, 0) is 43.3 Å². The van der Waals surface area contributed by atoms with Crippen LogP contribution in [0.2, 0.25) is 0 Å². The number of benzene rings is 1. The minimum absolute atomic E-state index is 0.136. The molecule has 9 nitrogen and oxygen atoms in total. The van der Waals surface area contributed by atoms with E-state index in [0.29, 0.717) is 36.1 Å². The van der Waals surface area contributed by atoms with Gasteiger partial charge in [-0.25, -0.2) is 9.48 Å². The Hall–Kier alpha value is -3.59. The standard InChI is InChI=1S/C20H21N3O6/c1-3-27-13-23-11-15(10-21-23)22-19(24)18-9-8-17(29-18)12-28-16-6-4-14(5-7-16)20(25)26-2/h4-11H,3,12-13H2,1-2H3,(H,22,24). The Labute approximate surface area is 167 Å². The van der Waals surface area contributed by atoms with Crippen molar-refractivity contribution < 1.29 is 28.2 Å². The number of carbonyl (C=O) groups is 2. The molecule has 1 aromatic carbocycles. The minimum Gasteiger partial charge on any atom is -0.486 e. The molecule has 0 radical (unpaired) electrons. The lowest BCUT2D eigenvalue weighted by Gasteiger charge is -2.05. The third-order valence-electron chi connectivity index (χ3n) is 3.86. The topological polar surface area (TPSA) is 105 Å². The summed E-state index contributed by atoms with van der Waals surface area (Å²) in [5.41, 5.74) is 0.969. The van der Waals surface area contributed by atoms with Gasteiger partial charge in [0, 0.05) is 6.61 Å². The summed E-state index contributed by atoms with van der Waals surface area (Å²) in [7, 11) is 1.32. The molecule has 0 atom stereocenters. The van der Waals surface area contributed by atoms with E-state index in [9.17, 15) is 9.59 Å². The fourth-order valence-electron chi connectivity index (χ4n) is 2.41.